The zero-order valence-electron chi connectivity index (χ0n) is 12.3. The Balaban J connectivity index is 1.93. The van der Waals surface area contributed by atoms with Gasteiger partial charge >= 0.3 is 6.03 Å². The molecule has 1 aliphatic rings. The number of hydrogen-bond donors (Lipinski definition) is 3. The molecule has 0 aromatic heterocycles. The van der Waals surface area contributed by atoms with Gasteiger partial charge in [0, 0.05) is 18.7 Å². The zero-order valence-corrected chi connectivity index (χ0v) is 12.3. The summed E-state index contributed by atoms with van der Waals surface area (Å²) >= 11 is 0. The van der Waals surface area contributed by atoms with E-state index in [9.17, 15) is 9.59 Å². The fraction of sp³-hybridized carbons (Fsp3) is 0.467. The molecule has 1 aliphatic heterocycles. The molecular weight excluding hydrogens is 270 g/mol. The smallest absolute Gasteiger partial charge is 0.315 e. The quantitative estimate of drug-likeness (QED) is 0.769. The lowest BCUT2D eigenvalue weighted by Crippen LogP contribution is -2.53. The van der Waals surface area contributed by atoms with Gasteiger partial charge in [-0.2, -0.15) is 0 Å². The largest absolute Gasteiger partial charge is 0.394 e. The first-order valence-corrected chi connectivity index (χ1v) is 6.96. The van der Waals surface area contributed by atoms with Gasteiger partial charge in [0.15, 0.2) is 0 Å². The normalized spacial score (nSPS) is 18.7. The molecule has 1 atom stereocenters. The van der Waals surface area contributed by atoms with Crippen LogP contribution in [-0.4, -0.2) is 41.8 Å². The predicted octanol–water partition coefficient (Wildman–Crippen LogP) is 0.862. The molecule has 0 unspecified atom stereocenters. The van der Waals surface area contributed by atoms with E-state index in [1.165, 1.54) is 0 Å². The van der Waals surface area contributed by atoms with Crippen LogP contribution in [0.25, 0.3) is 0 Å². The maximum Gasteiger partial charge on any atom is 0.315 e. The molecule has 1 saturated heterocycles. The number of nitrogens with one attached hydrogen (secondary N) is 2. The van der Waals surface area contributed by atoms with Crippen molar-refractivity contribution >= 4 is 17.6 Å². The molecule has 21 heavy (non-hydrogen) atoms. The number of aliphatic hydroxyl groups excluding tert-OH is 1. The van der Waals surface area contributed by atoms with Crippen LogP contribution in [0.5, 0.6) is 0 Å². The number of carbonyl (C=O) groups is 2. The maximum atomic E-state index is 12.0. The van der Waals surface area contributed by atoms with Crippen LogP contribution in [0.1, 0.15) is 20.3 Å². The van der Waals surface area contributed by atoms with Crippen molar-refractivity contribution in [2.45, 2.75) is 31.8 Å². The van der Waals surface area contributed by atoms with Gasteiger partial charge in [0.2, 0.25) is 5.91 Å². The summed E-state index contributed by atoms with van der Waals surface area (Å²) < 4.78 is 0. The summed E-state index contributed by atoms with van der Waals surface area (Å²) in [5, 5.41) is 14.6. The van der Waals surface area contributed by atoms with Crippen molar-refractivity contribution in [1.82, 2.24) is 10.6 Å². The summed E-state index contributed by atoms with van der Waals surface area (Å²) in [6.45, 7) is 3.75. The van der Waals surface area contributed by atoms with Crippen LogP contribution in [0.15, 0.2) is 30.3 Å². The van der Waals surface area contributed by atoms with Crippen LogP contribution in [0.4, 0.5) is 10.5 Å². The summed E-state index contributed by atoms with van der Waals surface area (Å²) in [6.07, 6.45) is 0.280. The van der Waals surface area contributed by atoms with Crippen LogP contribution < -0.4 is 15.5 Å². The molecule has 0 spiro atoms. The first-order chi connectivity index (χ1) is 9.91. The van der Waals surface area contributed by atoms with Gasteiger partial charge in [0.1, 0.15) is 0 Å². The Hall–Kier alpha value is -2.08. The van der Waals surface area contributed by atoms with Gasteiger partial charge in [-0.1, -0.05) is 18.2 Å². The Morgan fingerprint density at radius 3 is 2.67 bits per heavy atom. The zero-order chi connectivity index (χ0) is 15.5. The van der Waals surface area contributed by atoms with Crippen molar-refractivity contribution in [3.05, 3.63) is 30.3 Å². The van der Waals surface area contributed by atoms with Gasteiger partial charge in [0.25, 0.3) is 0 Å². The average molecular weight is 291 g/mol. The number of benzene rings is 1. The number of aliphatic hydroxyl groups is 1. The fourth-order valence-electron chi connectivity index (χ4n) is 2.23. The van der Waals surface area contributed by atoms with Crippen molar-refractivity contribution in [3.63, 3.8) is 0 Å². The molecule has 0 aliphatic carbocycles. The number of anilines is 1. The Bertz CT molecular complexity index is 516. The molecule has 3 N–H and O–H groups in total. The number of rotatable bonds is 4. The fourth-order valence-corrected chi connectivity index (χ4v) is 2.23. The van der Waals surface area contributed by atoms with Gasteiger partial charge in [-0.15, -0.1) is 0 Å². The third-order valence-corrected chi connectivity index (χ3v) is 3.38. The second-order valence-corrected chi connectivity index (χ2v) is 5.88. The first-order valence-electron chi connectivity index (χ1n) is 6.96. The summed E-state index contributed by atoms with van der Waals surface area (Å²) in [7, 11) is 0. The summed E-state index contributed by atoms with van der Waals surface area (Å²) in [5.74, 6) is -0.00656. The van der Waals surface area contributed by atoms with Crippen LogP contribution in [-0.2, 0) is 4.79 Å². The molecule has 6 nitrogen and oxygen atoms in total. The first kappa shape index (κ1) is 15.3. The maximum absolute atomic E-state index is 12.0. The minimum Gasteiger partial charge on any atom is -0.394 e. The molecule has 0 bridgehead atoms. The number of carbonyl (C=O) groups excluding carboxylic acids is 2. The van der Waals surface area contributed by atoms with Gasteiger partial charge in [-0.3, -0.25) is 4.79 Å². The second-order valence-electron chi connectivity index (χ2n) is 5.88. The van der Waals surface area contributed by atoms with E-state index in [1.54, 1.807) is 18.7 Å². The van der Waals surface area contributed by atoms with Gasteiger partial charge in [0.05, 0.1) is 18.2 Å². The number of urea groups is 1. The van der Waals surface area contributed by atoms with E-state index in [0.29, 0.717) is 6.54 Å². The van der Waals surface area contributed by atoms with Gasteiger partial charge < -0.3 is 20.6 Å². The Morgan fingerprint density at radius 1 is 1.38 bits per heavy atom. The van der Waals surface area contributed by atoms with Crippen molar-refractivity contribution in [3.8, 4) is 0 Å². The number of amides is 3. The molecule has 0 saturated carbocycles. The molecule has 114 valence electrons. The monoisotopic (exact) mass is 291 g/mol. The van der Waals surface area contributed by atoms with Gasteiger partial charge in [-0.05, 0) is 26.0 Å². The molecule has 1 aromatic rings. The molecule has 1 aromatic carbocycles. The molecular formula is C15H21N3O3. The molecule has 1 fully saturated rings. The summed E-state index contributed by atoms with van der Waals surface area (Å²) in [4.78, 5) is 25.6. The van der Waals surface area contributed by atoms with Crippen LogP contribution in [0.3, 0.4) is 0 Å². The lowest BCUT2D eigenvalue weighted by Gasteiger charge is -2.25. The van der Waals surface area contributed by atoms with Crippen molar-refractivity contribution in [2.24, 2.45) is 0 Å². The Morgan fingerprint density at radius 2 is 2.05 bits per heavy atom. The lowest BCUT2D eigenvalue weighted by molar-refractivity contribution is -0.117. The predicted molar refractivity (Wildman–Crippen MR) is 80.0 cm³/mol. The van der Waals surface area contributed by atoms with E-state index in [1.807, 2.05) is 30.3 Å². The number of nitrogens with zero attached hydrogens (tertiary/aromatic N) is 1. The second kappa shape index (κ2) is 6.13. The van der Waals surface area contributed by atoms with Gasteiger partial charge in [-0.25, -0.2) is 4.79 Å². The summed E-state index contributed by atoms with van der Waals surface area (Å²) in [6, 6.07) is 8.78. The van der Waals surface area contributed by atoms with Crippen LogP contribution in [0, 0.1) is 0 Å². The van der Waals surface area contributed by atoms with E-state index in [-0.39, 0.29) is 31.0 Å². The highest BCUT2D eigenvalue weighted by atomic mass is 16.3. The van der Waals surface area contributed by atoms with Crippen LogP contribution in [0.2, 0.25) is 0 Å². The highest BCUT2D eigenvalue weighted by Crippen LogP contribution is 2.20. The molecule has 2 rings (SSSR count). The lowest BCUT2D eigenvalue weighted by atomic mass is 10.1. The van der Waals surface area contributed by atoms with E-state index in [4.69, 9.17) is 5.11 Å². The van der Waals surface area contributed by atoms with E-state index >= 15 is 0 Å². The van der Waals surface area contributed by atoms with Crippen molar-refractivity contribution < 1.29 is 14.7 Å². The standard InChI is InChI=1S/C15H21N3O3/c1-15(2,10-19)17-14(21)16-11-8-13(20)18(9-11)12-6-4-3-5-7-12/h3-7,11,19H,8-10H2,1-2H3,(H2,16,17,21)/t11-/m1/s1. The SMILES string of the molecule is CC(C)(CO)NC(=O)N[C@@H]1CC(=O)N(c2ccccc2)C1. The topological polar surface area (TPSA) is 81.7 Å². The van der Waals surface area contributed by atoms with E-state index in [0.717, 1.165) is 5.69 Å². The van der Waals surface area contributed by atoms with Crippen LogP contribution >= 0.6 is 0 Å². The minimum atomic E-state index is -0.689. The molecule has 3 amide bonds. The third kappa shape index (κ3) is 3.95. The van der Waals surface area contributed by atoms with Crippen molar-refractivity contribution in [2.75, 3.05) is 18.1 Å². The van der Waals surface area contributed by atoms with E-state index in [2.05, 4.69) is 10.6 Å². The minimum absolute atomic E-state index is 0.00656. The highest BCUT2D eigenvalue weighted by Gasteiger charge is 2.32. The molecule has 1 heterocycles. The Labute approximate surface area is 124 Å². The summed E-state index contributed by atoms with van der Waals surface area (Å²) in [5.41, 5.74) is 0.147. The van der Waals surface area contributed by atoms with E-state index < -0.39 is 5.54 Å². The average Bonchev–Trinajstić information content (AvgIpc) is 2.79. The molecule has 6 heteroatoms. The highest BCUT2D eigenvalue weighted by molar-refractivity contribution is 5.96. The van der Waals surface area contributed by atoms with Crippen molar-refractivity contribution in [1.29, 1.82) is 0 Å². The third-order valence-electron chi connectivity index (χ3n) is 3.38. The molecule has 0 radical (unpaired) electrons. The Kier molecular flexibility index (Phi) is 4.47. The number of hydrogen-bond acceptors (Lipinski definition) is 3. The number of para-hydroxylation sites is 1.